The molecule has 1 atom stereocenters. The van der Waals surface area contributed by atoms with Gasteiger partial charge in [0.15, 0.2) is 0 Å². The molecule has 0 aromatic rings. The number of aliphatic hydroxyl groups is 1. The Morgan fingerprint density at radius 1 is 1.31 bits per heavy atom. The normalized spacial score (nSPS) is 22.8. The van der Waals surface area contributed by atoms with Gasteiger partial charge in [-0.05, 0) is 31.1 Å². The van der Waals surface area contributed by atoms with Gasteiger partial charge in [-0.3, -0.25) is 0 Å². The molecule has 0 aromatic carbocycles. The van der Waals surface area contributed by atoms with E-state index in [9.17, 15) is 0 Å². The first-order valence-corrected chi connectivity index (χ1v) is 5.37. The maximum absolute atomic E-state index is 8.74. The van der Waals surface area contributed by atoms with Crippen molar-refractivity contribution >= 4 is 0 Å². The van der Waals surface area contributed by atoms with Gasteiger partial charge in [-0.1, -0.05) is 20.8 Å². The first kappa shape index (κ1) is 11.0. The number of hydrogen-bond acceptors (Lipinski definition) is 2. The van der Waals surface area contributed by atoms with Crippen molar-refractivity contribution in [2.45, 2.75) is 45.6 Å². The van der Waals surface area contributed by atoms with Gasteiger partial charge in [0.25, 0.3) is 0 Å². The molecule has 1 fully saturated rings. The standard InChI is InChI=1S/C11H22O2/c1-9(2)10(3)11(5-4-6-11)13-8-7-12/h9-10,12H,4-8H2,1-3H3. The first-order valence-electron chi connectivity index (χ1n) is 5.37. The molecular weight excluding hydrogens is 164 g/mol. The van der Waals surface area contributed by atoms with Crippen LogP contribution in [0.5, 0.6) is 0 Å². The molecule has 2 nitrogen and oxygen atoms in total. The zero-order valence-electron chi connectivity index (χ0n) is 9.05. The van der Waals surface area contributed by atoms with E-state index in [0.717, 1.165) is 0 Å². The molecule has 78 valence electrons. The molecule has 1 N–H and O–H groups in total. The predicted molar refractivity (Wildman–Crippen MR) is 53.6 cm³/mol. The largest absolute Gasteiger partial charge is 0.394 e. The number of hydrogen-bond donors (Lipinski definition) is 1. The number of ether oxygens (including phenoxy) is 1. The molecule has 0 radical (unpaired) electrons. The van der Waals surface area contributed by atoms with E-state index in [1.165, 1.54) is 19.3 Å². The fourth-order valence-corrected chi connectivity index (χ4v) is 2.11. The highest BCUT2D eigenvalue weighted by Crippen LogP contribution is 2.44. The molecule has 0 aliphatic heterocycles. The molecule has 0 spiro atoms. The molecule has 1 rings (SSSR count). The van der Waals surface area contributed by atoms with E-state index in [1.54, 1.807) is 0 Å². The molecule has 2 heteroatoms. The Morgan fingerprint density at radius 2 is 1.92 bits per heavy atom. The molecule has 0 saturated heterocycles. The van der Waals surface area contributed by atoms with Crippen LogP contribution in [0.3, 0.4) is 0 Å². The minimum atomic E-state index is 0.0941. The maximum Gasteiger partial charge on any atom is 0.0711 e. The molecule has 0 aromatic heterocycles. The van der Waals surface area contributed by atoms with Crippen molar-refractivity contribution in [3.8, 4) is 0 Å². The maximum atomic E-state index is 8.74. The lowest BCUT2D eigenvalue weighted by atomic mass is 9.68. The summed E-state index contributed by atoms with van der Waals surface area (Å²) < 4.78 is 5.79. The van der Waals surface area contributed by atoms with Crippen molar-refractivity contribution in [2.24, 2.45) is 11.8 Å². The fraction of sp³-hybridized carbons (Fsp3) is 1.00. The van der Waals surface area contributed by atoms with Crippen LogP contribution in [-0.2, 0) is 4.74 Å². The van der Waals surface area contributed by atoms with E-state index < -0.39 is 0 Å². The Kier molecular flexibility index (Phi) is 3.74. The minimum Gasteiger partial charge on any atom is -0.394 e. The molecule has 13 heavy (non-hydrogen) atoms. The van der Waals surface area contributed by atoms with Gasteiger partial charge in [0.1, 0.15) is 0 Å². The Hall–Kier alpha value is -0.0800. The van der Waals surface area contributed by atoms with Gasteiger partial charge in [-0.15, -0.1) is 0 Å². The van der Waals surface area contributed by atoms with E-state index in [0.29, 0.717) is 18.4 Å². The van der Waals surface area contributed by atoms with E-state index in [2.05, 4.69) is 20.8 Å². The summed E-state index contributed by atoms with van der Waals surface area (Å²) >= 11 is 0. The monoisotopic (exact) mass is 186 g/mol. The summed E-state index contributed by atoms with van der Waals surface area (Å²) in [7, 11) is 0. The Bertz CT molecular complexity index is 150. The molecule has 0 heterocycles. The van der Waals surface area contributed by atoms with Crippen LogP contribution in [0.4, 0.5) is 0 Å². The van der Waals surface area contributed by atoms with Crippen LogP contribution in [0.15, 0.2) is 0 Å². The van der Waals surface area contributed by atoms with Crippen molar-refractivity contribution in [1.82, 2.24) is 0 Å². The van der Waals surface area contributed by atoms with Crippen LogP contribution < -0.4 is 0 Å². The van der Waals surface area contributed by atoms with E-state index >= 15 is 0 Å². The first-order chi connectivity index (χ1) is 6.12. The summed E-state index contributed by atoms with van der Waals surface area (Å²) in [6.07, 6.45) is 3.63. The van der Waals surface area contributed by atoms with Gasteiger partial charge in [0.05, 0.1) is 18.8 Å². The highest BCUT2D eigenvalue weighted by molar-refractivity contribution is 4.95. The molecular formula is C11H22O2. The summed E-state index contributed by atoms with van der Waals surface area (Å²) in [5.41, 5.74) is 0.0941. The fourth-order valence-electron chi connectivity index (χ4n) is 2.11. The van der Waals surface area contributed by atoms with Crippen molar-refractivity contribution in [2.75, 3.05) is 13.2 Å². The third-order valence-electron chi connectivity index (χ3n) is 3.51. The van der Waals surface area contributed by atoms with Gasteiger partial charge in [-0.2, -0.15) is 0 Å². The summed E-state index contributed by atoms with van der Waals surface area (Å²) in [5.74, 6) is 1.27. The quantitative estimate of drug-likeness (QED) is 0.713. The molecule has 1 aliphatic carbocycles. The highest BCUT2D eigenvalue weighted by Gasteiger charge is 2.43. The van der Waals surface area contributed by atoms with E-state index in [-0.39, 0.29) is 12.2 Å². The average molecular weight is 186 g/mol. The van der Waals surface area contributed by atoms with Crippen LogP contribution in [0, 0.1) is 11.8 Å². The minimum absolute atomic E-state index is 0.0941. The smallest absolute Gasteiger partial charge is 0.0711 e. The van der Waals surface area contributed by atoms with E-state index in [4.69, 9.17) is 9.84 Å². The van der Waals surface area contributed by atoms with Gasteiger partial charge in [-0.25, -0.2) is 0 Å². The van der Waals surface area contributed by atoms with Gasteiger partial charge < -0.3 is 9.84 Å². The van der Waals surface area contributed by atoms with Crippen LogP contribution >= 0.6 is 0 Å². The Morgan fingerprint density at radius 3 is 2.23 bits per heavy atom. The second-order valence-corrected chi connectivity index (χ2v) is 4.52. The van der Waals surface area contributed by atoms with Crippen molar-refractivity contribution in [3.05, 3.63) is 0 Å². The molecule has 0 bridgehead atoms. The second kappa shape index (κ2) is 4.43. The summed E-state index contributed by atoms with van der Waals surface area (Å²) in [4.78, 5) is 0. The lowest BCUT2D eigenvalue weighted by Gasteiger charge is -2.47. The zero-order valence-corrected chi connectivity index (χ0v) is 9.05. The van der Waals surface area contributed by atoms with Crippen LogP contribution in [0.1, 0.15) is 40.0 Å². The number of aliphatic hydroxyl groups excluding tert-OH is 1. The predicted octanol–water partition coefficient (Wildman–Crippen LogP) is 2.21. The van der Waals surface area contributed by atoms with Crippen LogP contribution in [0.25, 0.3) is 0 Å². The molecule has 0 amide bonds. The molecule has 1 aliphatic rings. The summed E-state index contributed by atoms with van der Waals surface area (Å²) in [6, 6.07) is 0. The molecule has 1 unspecified atom stereocenters. The Balaban J connectivity index is 2.48. The van der Waals surface area contributed by atoms with Crippen LogP contribution in [0.2, 0.25) is 0 Å². The summed E-state index contributed by atoms with van der Waals surface area (Å²) in [6.45, 7) is 7.39. The van der Waals surface area contributed by atoms with Gasteiger partial charge in [0.2, 0.25) is 0 Å². The highest BCUT2D eigenvalue weighted by atomic mass is 16.5. The topological polar surface area (TPSA) is 29.5 Å². The molecule has 1 saturated carbocycles. The van der Waals surface area contributed by atoms with Crippen molar-refractivity contribution in [3.63, 3.8) is 0 Å². The lowest BCUT2D eigenvalue weighted by Crippen LogP contribution is -2.48. The third kappa shape index (κ3) is 2.23. The SMILES string of the molecule is CC(C)C(C)C1(OCCO)CCC1. The average Bonchev–Trinajstić information content (AvgIpc) is 2.02. The summed E-state index contributed by atoms with van der Waals surface area (Å²) in [5, 5.41) is 8.74. The third-order valence-corrected chi connectivity index (χ3v) is 3.51. The van der Waals surface area contributed by atoms with Crippen molar-refractivity contribution < 1.29 is 9.84 Å². The second-order valence-electron chi connectivity index (χ2n) is 4.52. The number of rotatable bonds is 5. The van der Waals surface area contributed by atoms with Gasteiger partial charge in [0, 0.05) is 0 Å². The van der Waals surface area contributed by atoms with Crippen LogP contribution in [-0.4, -0.2) is 23.9 Å². The Labute approximate surface area is 81.3 Å². The van der Waals surface area contributed by atoms with E-state index in [1.807, 2.05) is 0 Å². The zero-order chi connectivity index (χ0) is 9.90. The lowest BCUT2D eigenvalue weighted by molar-refractivity contribution is -0.150. The van der Waals surface area contributed by atoms with Gasteiger partial charge >= 0.3 is 0 Å². The van der Waals surface area contributed by atoms with Crippen molar-refractivity contribution in [1.29, 1.82) is 0 Å².